The molecule has 1 aliphatic heterocycles. The number of nitrogens with zero attached hydrogens (tertiary/aromatic N) is 4. The van der Waals surface area contributed by atoms with E-state index in [0.29, 0.717) is 37.7 Å². The van der Waals surface area contributed by atoms with Crippen molar-refractivity contribution in [1.29, 1.82) is 0 Å². The van der Waals surface area contributed by atoms with Gasteiger partial charge in [-0.25, -0.2) is 9.97 Å². The Balaban J connectivity index is 1.46. The summed E-state index contributed by atoms with van der Waals surface area (Å²) in [6.07, 6.45) is 3.95. The molecule has 1 aromatic carbocycles. The predicted octanol–water partition coefficient (Wildman–Crippen LogP) is 1.79. The molecule has 0 N–H and O–H groups in total. The van der Waals surface area contributed by atoms with Crippen molar-refractivity contribution in [3.05, 3.63) is 54.4 Å². The third kappa shape index (κ3) is 3.95. The van der Waals surface area contributed by atoms with E-state index in [4.69, 9.17) is 0 Å². The van der Waals surface area contributed by atoms with Crippen LogP contribution in [-0.2, 0) is 4.79 Å². The van der Waals surface area contributed by atoms with Gasteiger partial charge in [0.1, 0.15) is 0 Å². The number of anilines is 1. The van der Waals surface area contributed by atoms with Crippen LogP contribution in [0.1, 0.15) is 23.2 Å². The molecular weight excluding hydrogens is 304 g/mol. The van der Waals surface area contributed by atoms with Gasteiger partial charge >= 0.3 is 0 Å². The fourth-order valence-electron chi connectivity index (χ4n) is 2.76. The van der Waals surface area contributed by atoms with E-state index in [1.54, 1.807) is 30.6 Å². The minimum atomic E-state index is 0.0141. The SMILES string of the molecule is O=C(CCC(=O)N1CCN(c2ncccn2)CC1)c1ccccc1. The molecule has 0 atom stereocenters. The molecule has 2 heterocycles. The summed E-state index contributed by atoms with van der Waals surface area (Å²) in [5, 5.41) is 0. The van der Waals surface area contributed by atoms with Crippen molar-refractivity contribution >= 4 is 17.6 Å². The summed E-state index contributed by atoms with van der Waals surface area (Å²) in [5.41, 5.74) is 0.663. The Morgan fingerprint density at radius 3 is 2.21 bits per heavy atom. The Hall–Kier alpha value is -2.76. The van der Waals surface area contributed by atoms with Crippen LogP contribution in [0.5, 0.6) is 0 Å². The Bertz CT molecular complexity index is 683. The lowest BCUT2D eigenvalue weighted by atomic mass is 10.1. The van der Waals surface area contributed by atoms with Crippen LogP contribution in [-0.4, -0.2) is 52.7 Å². The summed E-state index contributed by atoms with van der Waals surface area (Å²) < 4.78 is 0. The van der Waals surface area contributed by atoms with Gasteiger partial charge in [0.15, 0.2) is 5.78 Å². The number of amides is 1. The molecule has 0 spiro atoms. The smallest absolute Gasteiger partial charge is 0.225 e. The number of hydrogen-bond donors (Lipinski definition) is 0. The molecule has 0 saturated carbocycles. The van der Waals surface area contributed by atoms with Crippen molar-refractivity contribution in [2.45, 2.75) is 12.8 Å². The summed E-state index contributed by atoms with van der Waals surface area (Å²) >= 11 is 0. The molecule has 1 aliphatic rings. The van der Waals surface area contributed by atoms with Crippen molar-refractivity contribution in [2.75, 3.05) is 31.1 Å². The Labute approximate surface area is 141 Å². The van der Waals surface area contributed by atoms with E-state index in [2.05, 4.69) is 14.9 Å². The number of carbonyl (C=O) groups is 2. The van der Waals surface area contributed by atoms with E-state index in [1.807, 2.05) is 23.1 Å². The van der Waals surface area contributed by atoms with Gasteiger partial charge in [0.25, 0.3) is 0 Å². The summed E-state index contributed by atoms with van der Waals surface area (Å²) in [7, 11) is 0. The maximum absolute atomic E-state index is 12.3. The van der Waals surface area contributed by atoms with Crippen LogP contribution in [0.3, 0.4) is 0 Å². The first-order chi connectivity index (χ1) is 11.7. The number of rotatable bonds is 5. The summed E-state index contributed by atoms with van der Waals surface area (Å²) in [4.78, 5) is 36.7. The van der Waals surface area contributed by atoms with E-state index in [0.717, 1.165) is 0 Å². The molecule has 0 bridgehead atoms. The fourth-order valence-corrected chi connectivity index (χ4v) is 2.76. The summed E-state index contributed by atoms with van der Waals surface area (Å²) in [6.45, 7) is 2.69. The molecular formula is C18H20N4O2. The van der Waals surface area contributed by atoms with Crippen molar-refractivity contribution in [2.24, 2.45) is 0 Å². The molecule has 24 heavy (non-hydrogen) atoms. The van der Waals surface area contributed by atoms with Crippen molar-refractivity contribution < 1.29 is 9.59 Å². The van der Waals surface area contributed by atoms with Gasteiger partial charge in [0.2, 0.25) is 11.9 Å². The zero-order chi connectivity index (χ0) is 16.8. The Morgan fingerprint density at radius 1 is 0.875 bits per heavy atom. The van der Waals surface area contributed by atoms with Gasteiger partial charge in [-0.2, -0.15) is 0 Å². The van der Waals surface area contributed by atoms with E-state index >= 15 is 0 Å². The minimum absolute atomic E-state index is 0.0141. The molecule has 1 amide bonds. The van der Waals surface area contributed by atoms with Crippen LogP contribution in [0.4, 0.5) is 5.95 Å². The fraction of sp³-hybridized carbons (Fsp3) is 0.333. The zero-order valence-corrected chi connectivity index (χ0v) is 13.5. The second-order valence-corrected chi connectivity index (χ2v) is 5.71. The number of hydrogen-bond acceptors (Lipinski definition) is 5. The van der Waals surface area contributed by atoms with E-state index in [9.17, 15) is 9.59 Å². The summed E-state index contributed by atoms with van der Waals surface area (Å²) in [6, 6.07) is 10.9. The highest BCUT2D eigenvalue weighted by Gasteiger charge is 2.22. The lowest BCUT2D eigenvalue weighted by Gasteiger charge is -2.34. The highest BCUT2D eigenvalue weighted by molar-refractivity contribution is 5.97. The number of carbonyl (C=O) groups excluding carboxylic acids is 2. The number of Topliss-reactive ketones (excluding diaryl/α,β-unsaturated/α-hetero) is 1. The van der Waals surface area contributed by atoms with Crippen molar-refractivity contribution in [3.8, 4) is 0 Å². The first-order valence-electron chi connectivity index (χ1n) is 8.12. The van der Waals surface area contributed by atoms with Crippen LogP contribution >= 0.6 is 0 Å². The molecule has 1 aromatic heterocycles. The molecule has 1 saturated heterocycles. The normalized spacial score (nSPS) is 14.5. The predicted molar refractivity (Wildman–Crippen MR) is 90.8 cm³/mol. The molecule has 0 radical (unpaired) electrons. The molecule has 0 unspecified atom stereocenters. The number of benzene rings is 1. The average Bonchev–Trinajstić information content (AvgIpc) is 2.67. The molecule has 6 heteroatoms. The Kier molecular flexibility index (Phi) is 5.15. The summed E-state index contributed by atoms with van der Waals surface area (Å²) in [5.74, 6) is 0.747. The lowest BCUT2D eigenvalue weighted by molar-refractivity contribution is -0.131. The molecule has 1 fully saturated rings. The van der Waals surface area contributed by atoms with Gasteiger partial charge < -0.3 is 9.80 Å². The maximum atomic E-state index is 12.3. The van der Waals surface area contributed by atoms with Crippen LogP contribution in [0, 0.1) is 0 Å². The zero-order valence-electron chi connectivity index (χ0n) is 13.5. The van der Waals surface area contributed by atoms with Gasteiger partial charge in [-0.05, 0) is 6.07 Å². The molecule has 2 aromatic rings. The Morgan fingerprint density at radius 2 is 1.54 bits per heavy atom. The molecule has 3 rings (SSSR count). The highest BCUT2D eigenvalue weighted by atomic mass is 16.2. The average molecular weight is 324 g/mol. The first kappa shape index (κ1) is 16.1. The monoisotopic (exact) mass is 324 g/mol. The number of ketones is 1. The van der Waals surface area contributed by atoms with Gasteiger partial charge in [0, 0.05) is 57.0 Å². The van der Waals surface area contributed by atoms with Gasteiger partial charge in [-0.15, -0.1) is 0 Å². The van der Waals surface area contributed by atoms with Crippen molar-refractivity contribution in [3.63, 3.8) is 0 Å². The van der Waals surface area contributed by atoms with E-state index in [-0.39, 0.29) is 24.5 Å². The van der Waals surface area contributed by atoms with Crippen molar-refractivity contribution in [1.82, 2.24) is 14.9 Å². The van der Waals surface area contributed by atoms with Crippen LogP contribution in [0.15, 0.2) is 48.8 Å². The molecule has 6 nitrogen and oxygen atoms in total. The second kappa shape index (κ2) is 7.68. The topological polar surface area (TPSA) is 66.4 Å². The van der Waals surface area contributed by atoms with Gasteiger partial charge in [0.05, 0.1) is 0 Å². The largest absolute Gasteiger partial charge is 0.339 e. The lowest BCUT2D eigenvalue weighted by Crippen LogP contribution is -2.49. The van der Waals surface area contributed by atoms with E-state index < -0.39 is 0 Å². The second-order valence-electron chi connectivity index (χ2n) is 5.71. The maximum Gasteiger partial charge on any atom is 0.225 e. The van der Waals surface area contributed by atoms with Crippen LogP contribution < -0.4 is 4.90 Å². The standard InChI is InChI=1S/C18H20N4O2/c23-16(15-5-2-1-3-6-15)7-8-17(24)21-11-13-22(14-12-21)18-19-9-4-10-20-18/h1-6,9-10H,7-8,11-14H2. The molecule has 124 valence electrons. The first-order valence-corrected chi connectivity index (χ1v) is 8.12. The third-order valence-electron chi connectivity index (χ3n) is 4.13. The number of piperazine rings is 1. The van der Waals surface area contributed by atoms with Crippen LogP contribution in [0.2, 0.25) is 0 Å². The third-order valence-corrected chi connectivity index (χ3v) is 4.13. The van der Waals surface area contributed by atoms with E-state index in [1.165, 1.54) is 0 Å². The minimum Gasteiger partial charge on any atom is -0.339 e. The van der Waals surface area contributed by atoms with Gasteiger partial charge in [-0.1, -0.05) is 30.3 Å². The van der Waals surface area contributed by atoms with Gasteiger partial charge in [-0.3, -0.25) is 9.59 Å². The van der Waals surface area contributed by atoms with Crippen LogP contribution in [0.25, 0.3) is 0 Å². The quantitative estimate of drug-likeness (QED) is 0.785. The highest BCUT2D eigenvalue weighted by Crippen LogP contribution is 2.12. The number of aromatic nitrogens is 2. The molecule has 0 aliphatic carbocycles.